The van der Waals surface area contributed by atoms with E-state index < -0.39 is 29.6 Å². The molecule has 2 aromatic carbocycles. The number of benzene rings is 2. The van der Waals surface area contributed by atoms with E-state index in [-0.39, 0.29) is 11.9 Å². The highest BCUT2D eigenvalue weighted by atomic mass is 16.5. The highest BCUT2D eigenvalue weighted by Gasteiger charge is 2.45. The van der Waals surface area contributed by atoms with Crippen LogP contribution in [-0.4, -0.2) is 52.6 Å². The molecule has 1 fully saturated rings. The number of hydrogen-bond donors (Lipinski definition) is 2. The zero-order chi connectivity index (χ0) is 25.1. The summed E-state index contributed by atoms with van der Waals surface area (Å²) in [5.41, 5.74) is 1.40. The average Bonchev–Trinajstić information content (AvgIpc) is 3.38. The number of methoxy groups -OCH3 is 2. The van der Waals surface area contributed by atoms with Gasteiger partial charge in [0.05, 0.1) is 25.9 Å². The maximum absolute atomic E-state index is 12.9. The van der Waals surface area contributed by atoms with Gasteiger partial charge in [0.25, 0.3) is 0 Å². The highest BCUT2D eigenvalue weighted by Crippen LogP contribution is 2.26. The van der Waals surface area contributed by atoms with Crippen LogP contribution in [0.2, 0.25) is 0 Å². The van der Waals surface area contributed by atoms with Crippen molar-refractivity contribution in [2.75, 3.05) is 19.5 Å². The lowest BCUT2D eigenvalue weighted by molar-refractivity contribution is -0.135. The number of anilines is 1. The van der Waals surface area contributed by atoms with Crippen LogP contribution in [0.25, 0.3) is 17.1 Å². The van der Waals surface area contributed by atoms with E-state index in [9.17, 15) is 14.4 Å². The lowest BCUT2D eigenvalue weighted by Gasteiger charge is -2.10. The molecule has 0 spiro atoms. The molecule has 1 aromatic heterocycles. The summed E-state index contributed by atoms with van der Waals surface area (Å²) in [6.07, 6.45) is 0.473. The number of nitrogens with one attached hydrogen (secondary N) is 2. The molecular formula is C25H27N5O5. The van der Waals surface area contributed by atoms with Crippen molar-refractivity contribution in [3.05, 3.63) is 48.5 Å². The molecule has 1 aliphatic rings. The number of rotatable bonds is 8. The van der Waals surface area contributed by atoms with Gasteiger partial charge in [0.15, 0.2) is 17.5 Å². The Hall–Kier alpha value is -4.21. The lowest BCUT2D eigenvalue weighted by atomic mass is 9.96. The van der Waals surface area contributed by atoms with Gasteiger partial charge in [-0.15, -0.1) is 5.10 Å². The Morgan fingerprint density at radius 2 is 1.63 bits per heavy atom. The normalized spacial score (nSPS) is 17.4. The second-order valence-corrected chi connectivity index (χ2v) is 8.61. The SMILES string of the molecule is COc1ccc(-c2nc(NC(=O)C3C(=O)NC(CC(C)C)C3=O)nn2-c2ccc(OC)cc2)cc1. The molecule has 4 rings (SSSR count). The van der Waals surface area contributed by atoms with Crippen LogP contribution in [0.5, 0.6) is 11.5 Å². The molecule has 1 saturated heterocycles. The number of amides is 2. The van der Waals surface area contributed by atoms with Crippen molar-refractivity contribution < 1.29 is 23.9 Å². The number of carbonyl (C=O) groups excluding carboxylic acids is 3. The first-order valence-electron chi connectivity index (χ1n) is 11.2. The number of hydrogen-bond acceptors (Lipinski definition) is 7. The van der Waals surface area contributed by atoms with Crippen molar-refractivity contribution in [3.8, 4) is 28.6 Å². The predicted octanol–water partition coefficient (Wildman–Crippen LogP) is 2.62. The Morgan fingerprint density at radius 3 is 2.20 bits per heavy atom. The quantitative estimate of drug-likeness (QED) is 0.478. The number of carbonyl (C=O) groups is 3. The molecular weight excluding hydrogens is 450 g/mol. The molecule has 10 heteroatoms. The Balaban J connectivity index is 1.65. The molecule has 2 atom stereocenters. The molecule has 3 aromatic rings. The number of aromatic nitrogens is 3. The van der Waals surface area contributed by atoms with E-state index in [1.165, 1.54) is 0 Å². The van der Waals surface area contributed by atoms with Crippen LogP contribution in [0.3, 0.4) is 0 Å². The summed E-state index contributed by atoms with van der Waals surface area (Å²) in [4.78, 5) is 42.5. The van der Waals surface area contributed by atoms with Crippen LogP contribution in [0.4, 0.5) is 5.95 Å². The van der Waals surface area contributed by atoms with Gasteiger partial charge in [0.2, 0.25) is 17.8 Å². The first kappa shape index (κ1) is 23.9. The molecule has 1 aliphatic heterocycles. The topological polar surface area (TPSA) is 124 Å². The van der Waals surface area contributed by atoms with E-state index in [4.69, 9.17) is 9.47 Å². The summed E-state index contributed by atoms with van der Waals surface area (Å²) in [7, 11) is 3.15. The van der Waals surface area contributed by atoms with Crippen LogP contribution in [0.1, 0.15) is 20.3 Å². The van der Waals surface area contributed by atoms with Gasteiger partial charge < -0.3 is 14.8 Å². The summed E-state index contributed by atoms with van der Waals surface area (Å²) >= 11 is 0. The van der Waals surface area contributed by atoms with Gasteiger partial charge in [0, 0.05) is 5.56 Å². The van der Waals surface area contributed by atoms with E-state index in [0.29, 0.717) is 29.4 Å². The number of nitrogens with zero attached hydrogens (tertiary/aromatic N) is 3. The van der Waals surface area contributed by atoms with E-state index in [0.717, 1.165) is 5.56 Å². The van der Waals surface area contributed by atoms with E-state index >= 15 is 0 Å². The first-order chi connectivity index (χ1) is 16.8. The van der Waals surface area contributed by atoms with E-state index in [1.54, 1.807) is 55.3 Å². The van der Waals surface area contributed by atoms with Crippen molar-refractivity contribution in [2.45, 2.75) is 26.3 Å². The zero-order valence-corrected chi connectivity index (χ0v) is 19.9. The fourth-order valence-electron chi connectivity index (χ4n) is 3.93. The van der Waals surface area contributed by atoms with Crippen molar-refractivity contribution in [1.29, 1.82) is 0 Å². The van der Waals surface area contributed by atoms with Crippen LogP contribution in [-0.2, 0) is 14.4 Å². The maximum Gasteiger partial charge on any atom is 0.249 e. The summed E-state index contributed by atoms with van der Waals surface area (Å²) in [5.74, 6) is -1.26. The van der Waals surface area contributed by atoms with Gasteiger partial charge >= 0.3 is 0 Å². The molecule has 0 bridgehead atoms. The minimum absolute atomic E-state index is 0.0236. The zero-order valence-electron chi connectivity index (χ0n) is 19.9. The maximum atomic E-state index is 12.9. The molecule has 2 heterocycles. The number of Topliss-reactive ketones (excluding diaryl/α,β-unsaturated/α-hetero) is 1. The van der Waals surface area contributed by atoms with Gasteiger partial charge in [-0.25, -0.2) is 4.68 Å². The Bertz CT molecular complexity index is 1170. The highest BCUT2D eigenvalue weighted by molar-refractivity contribution is 6.26. The minimum Gasteiger partial charge on any atom is -0.497 e. The van der Waals surface area contributed by atoms with Crippen LogP contribution in [0.15, 0.2) is 48.5 Å². The Kier molecular flexibility index (Phi) is 6.81. The summed E-state index contributed by atoms with van der Waals surface area (Å²) in [6, 6.07) is 13.7. The van der Waals surface area contributed by atoms with Gasteiger partial charge in [-0.05, 0) is 60.9 Å². The van der Waals surface area contributed by atoms with Gasteiger partial charge in [0.1, 0.15) is 11.5 Å². The summed E-state index contributed by atoms with van der Waals surface area (Å²) < 4.78 is 12.0. The van der Waals surface area contributed by atoms with Gasteiger partial charge in [-0.2, -0.15) is 4.98 Å². The molecule has 35 heavy (non-hydrogen) atoms. The van der Waals surface area contributed by atoms with Crippen molar-refractivity contribution >= 4 is 23.5 Å². The molecule has 182 valence electrons. The third-order valence-corrected chi connectivity index (χ3v) is 5.68. The van der Waals surface area contributed by atoms with E-state index in [1.807, 2.05) is 26.0 Å². The monoisotopic (exact) mass is 477 g/mol. The van der Waals surface area contributed by atoms with Gasteiger partial charge in [-0.1, -0.05) is 13.8 Å². The van der Waals surface area contributed by atoms with E-state index in [2.05, 4.69) is 20.7 Å². The number of ketones is 1. The third kappa shape index (κ3) is 5.01. The van der Waals surface area contributed by atoms with Crippen molar-refractivity contribution in [1.82, 2.24) is 20.1 Å². The fraction of sp³-hybridized carbons (Fsp3) is 0.320. The second-order valence-electron chi connectivity index (χ2n) is 8.61. The largest absolute Gasteiger partial charge is 0.497 e. The second kappa shape index (κ2) is 9.96. The Morgan fingerprint density at radius 1 is 1.03 bits per heavy atom. The molecule has 2 amide bonds. The smallest absolute Gasteiger partial charge is 0.249 e. The fourth-order valence-corrected chi connectivity index (χ4v) is 3.93. The lowest BCUT2D eigenvalue weighted by Crippen LogP contribution is -2.33. The van der Waals surface area contributed by atoms with Crippen LogP contribution in [0, 0.1) is 11.8 Å². The molecule has 2 N–H and O–H groups in total. The van der Waals surface area contributed by atoms with Crippen molar-refractivity contribution in [2.24, 2.45) is 11.8 Å². The Labute approximate surface area is 202 Å². The molecule has 0 saturated carbocycles. The van der Waals surface area contributed by atoms with Crippen LogP contribution < -0.4 is 20.1 Å². The first-order valence-corrected chi connectivity index (χ1v) is 11.2. The number of ether oxygens (including phenoxy) is 2. The standard InChI is InChI=1S/C25H27N5O5/c1-14(2)13-19-21(31)20(23(32)26-19)24(33)28-25-27-22(15-5-9-17(34-3)10-6-15)30(29-25)16-7-11-18(35-4)12-8-16/h5-12,14,19-20H,13H2,1-4H3,(H,26,32)(H,28,29,33). The van der Waals surface area contributed by atoms with Crippen molar-refractivity contribution in [3.63, 3.8) is 0 Å². The third-order valence-electron chi connectivity index (χ3n) is 5.68. The van der Waals surface area contributed by atoms with Crippen LogP contribution >= 0.6 is 0 Å². The molecule has 10 nitrogen and oxygen atoms in total. The summed E-state index contributed by atoms with van der Waals surface area (Å²) in [6.45, 7) is 3.90. The summed E-state index contributed by atoms with van der Waals surface area (Å²) in [5, 5.41) is 9.62. The predicted molar refractivity (Wildman–Crippen MR) is 128 cm³/mol. The molecule has 0 radical (unpaired) electrons. The minimum atomic E-state index is -1.43. The molecule has 2 unspecified atom stereocenters. The molecule has 0 aliphatic carbocycles. The van der Waals surface area contributed by atoms with Gasteiger partial charge in [-0.3, -0.25) is 19.7 Å². The average molecular weight is 478 g/mol.